The summed E-state index contributed by atoms with van der Waals surface area (Å²) in [4.78, 5) is 11.7. The first-order chi connectivity index (χ1) is 9.15. The molecule has 0 aliphatic carbocycles. The predicted octanol–water partition coefficient (Wildman–Crippen LogP) is 4.08. The van der Waals surface area contributed by atoms with Crippen molar-refractivity contribution in [3.05, 3.63) is 69.6 Å². The van der Waals surface area contributed by atoms with Crippen LogP contribution in [0.4, 0.5) is 10.1 Å². The van der Waals surface area contributed by atoms with Crippen LogP contribution in [0, 0.1) is 9.39 Å². The molecular weight excluding hydrogens is 356 g/mol. The number of amides is 1. The second-order valence-corrected chi connectivity index (χ2v) is 5.02. The highest BCUT2D eigenvalue weighted by Gasteiger charge is 2.01. The number of anilines is 1. The smallest absolute Gasteiger partial charge is 0.248 e. The Hall–Kier alpha value is -1.69. The third-order valence-corrected chi connectivity index (χ3v) is 3.37. The predicted molar refractivity (Wildman–Crippen MR) is 83.2 cm³/mol. The lowest BCUT2D eigenvalue weighted by molar-refractivity contribution is -0.111. The molecule has 2 aromatic rings. The van der Waals surface area contributed by atoms with Crippen molar-refractivity contribution < 1.29 is 9.18 Å². The summed E-state index contributed by atoms with van der Waals surface area (Å²) in [6.45, 7) is 0. The second kappa shape index (κ2) is 6.47. The van der Waals surface area contributed by atoms with Crippen LogP contribution < -0.4 is 5.32 Å². The molecule has 2 aromatic carbocycles. The Morgan fingerprint density at radius 3 is 2.47 bits per heavy atom. The van der Waals surface area contributed by atoms with E-state index in [1.165, 1.54) is 18.2 Å². The molecule has 0 atom stereocenters. The quantitative estimate of drug-likeness (QED) is 0.643. The fraction of sp³-hybridized carbons (Fsp3) is 0. The summed E-state index contributed by atoms with van der Waals surface area (Å²) in [5.41, 5.74) is 1.55. The summed E-state index contributed by atoms with van der Waals surface area (Å²) < 4.78 is 13.7. The number of hydrogen-bond donors (Lipinski definition) is 1. The topological polar surface area (TPSA) is 29.1 Å². The highest BCUT2D eigenvalue weighted by Crippen LogP contribution is 2.16. The van der Waals surface area contributed by atoms with Gasteiger partial charge in [-0.2, -0.15) is 0 Å². The van der Waals surface area contributed by atoms with Crippen molar-refractivity contribution in [3.8, 4) is 0 Å². The first-order valence-electron chi connectivity index (χ1n) is 5.64. The van der Waals surface area contributed by atoms with Crippen molar-refractivity contribution in [1.82, 2.24) is 0 Å². The standard InChI is InChI=1S/C15H11FINO/c16-12-8-5-11(6-9-12)7-10-15(19)18-14-4-2-1-3-13(14)17/h1-10H,(H,18,19)/b10-7+. The highest BCUT2D eigenvalue weighted by atomic mass is 127. The van der Waals surface area contributed by atoms with E-state index in [2.05, 4.69) is 27.9 Å². The van der Waals surface area contributed by atoms with E-state index in [0.717, 1.165) is 14.8 Å². The molecule has 1 N–H and O–H groups in total. The lowest BCUT2D eigenvalue weighted by Crippen LogP contribution is -2.08. The molecule has 19 heavy (non-hydrogen) atoms. The SMILES string of the molecule is O=C(/C=C/c1ccc(F)cc1)Nc1ccccc1I. The molecule has 2 rings (SSSR count). The molecule has 0 aliphatic heterocycles. The molecule has 0 aliphatic rings. The van der Waals surface area contributed by atoms with Crippen LogP contribution in [0.3, 0.4) is 0 Å². The Morgan fingerprint density at radius 1 is 1.11 bits per heavy atom. The molecule has 0 heterocycles. The maximum atomic E-state index is 12.7. The molecule has 0 spiro atoms. The zero-order valence-corrected chi connectivity index (χ0v) is 12.1. The number of rotatable bonds is 3. The van der Waals surface area contributed by atoms with Gasteiger partial charge in [-0.15, -0.1) is 0 Å². The lowest BCUT2D eigenvalue weighted by Gasteiger charge is -2.04. The van der Waals surface area contributed by atoms with E-state index in [9.17, 15) is 9.18 Å². The molecule has 0 radical (unpaired) electrons. The first kappa shape index (κ1) is 13.7. The molecule has 0 saturated carbocycles. The normalized spacial score (nSPS) is 10.6. The number of halogens is 2. The number of para-hydroxylation sites is 1. The van der Waals surface area contributed by atoms with Crippen molar-refractivity contribution in [2.45, 2.75) is 0 Å². The van der Waals surface area contributed by atoms with Crippen LogP contribution in [0.5, 0.6) is 0 Å². The summed E-state index contributed by atoms with van der Waals surface area (Å²) in [6.07, 6.45) is 3.07. The van der Waals surface area contributed by atoms with E-state index in [1.807, 2.05) is 24.3 Å². The maximum Gasteiger partial charge on any atom is 0.248 e. The van der Waals surface area contributed by atoms with Gasteiger partial charge in [0, 0.05) is 9.65 Å². The molecule has 0 saturated heterocycles. The highest BCUT2D eigenvalue weighted by molar-refractivity contribution is 14.1. The molecule has 96 valence electrons. The van der Waals surface area contributed by atoms with Gasteiger partial charge in [0.05, 0.1) is 5.69 Å². The lowest BCUT2D eigenvalue weighted by atomic mass is 10.2. The van der Waals surface area contributed by atoms with E-state index in [4.69, 9.17) is 0 Å². The number of benzene rings is 2. The van der Waals surface area contributed by atoms with Crippen LogP contribution in [0.2, 0.25) is 0 Å². The number of hydrogen-bond acceptors (Lipinski definition) is 1. The van der Waals surface area contributed by atoms with Crippen LogP contribution in [-0.4, -0.2) is 5.91 Å². The van der Waals surface area contributed by atoms with Gasteiger partial charge in [-0.3, -0.25) is 4.79 Å². The second-order valence-electron chi connectivity index (χ2n) is 3.85. The number of carbonyl (C=O) groups is 1. The maximum absolute atomic E-state index is 12.7. The van der Waals surface area contributed by atoms with Gasteiger partial charge >= 0.3 is 0 Å². The summed E-state index contributed by atoms with van der Waals surface area (Å²) in [5.74, 6) is -0.506. The van der Waals surface area contributed by atoms with E-state index in [1.54, 1.807) is 18.2 Å². The third kappa shape index (κ3) is 4.17. The van der Waals surface area contributed by atoms with Crippen molar-refractivity contribution in [3.63, 3.8) is 0 Å². The van der Waals surface area contributed by atoms with Crippen LogP contribution in [0.1, 0.15) is 5.56 Å². The minimum absolute atomic E-state index is 0.214. The van der Waals surface area contributed by atoms with Gasteiger partial charge in [0.1, 0.15) is 5.82 Å². The average Bonchev–Trinajstić information content (AvgIpc) is 2.41. The monoisotopic (exact) mass is 367 g/mol. The minimum Gasteiger partial charge on any atom is -0.322 e. The van der Waals surface area contributed by atoms with E-state index in [-0.39, 0.29) is 11.7 Å². The third-order valence-electron chi connectivity index (χ3n) is 2.43. The van der Waals surface area contributed by atoms with Crippen LogP contribution in [-0.2, 0) is 4.79 Å². The van der Waals surface area contributed by atoms with E-state index in [0.29, 0.717) is 0 Å². The van der Waals surface area contributed by atoms with Crippen molar-refractivity contribution in [2.24, 2.45) is 0 Å². The van der Waals surface area contributed by atoms with Crippen molar-refractivity contribution >= 4 is 40.3 Å². The van der Waals surface area contributed by atoms with Crippen molar-refractivity contribution in [1.29, 1.82) is 0 Å². The van der Waals surface area contributed by atoms with Crippen LogP contribution in [0.15, 0.2) is 54.6 Å². The Balaban J connectivity index is 2.02. The van der Waals surface area contributed by atoms with Gasteiger partial charge in [0.25, 0.3) is 0 Å². The largest absolute Gasteiger partial charge is 0.322 e. The summed E-state index contributed by atoms with van der Waals surface area (Å²) in [6, 6.07) is 13.5. The molecule has 4 heteroatoms. The Kier molecular flexibility index (Phi) is 4.68. The zero-order valence-electron chi connectivity index (χ0n) is 9.94. The zero-order chi connectivity index (χ0) is 13.7. The summed E-state index contributed by atoms with van der Waals surface area (Å²) in [5, 5.41) is 2.78. The van der Waals surface area contributed by atoms with Gasteiger partial charge in [-0.05, 0) is 58.5 Å². The Labute approximate surface area is 124 Å². The molecule has 0 aromatic heterocycles. The molecule has 2 nitrogen and oxygen atoms in total. The Morgan fingerprint density at radius 2 is 1.79 bits per heavy atom. The minimum atomic E-state index is -0.291. The van der Waals surface area contributed by atoms with E-state index < -0.39 is 0 Å². The fourth-order valence-electron chi connectivity index (χ4n) is 1.48. The van der Waals surface area contributed by atoms with Crippen LogP contribution >= 0.6 is 22.6 Å². The number of carbonyl (C=O) groups excluding carboxylic acids is 1. The van der Waals surface area contributed by atoms with Gasteiger partial charge < -0.3 is 5.32 Å². The molecular formula is C15H11FINO. The Bertz CT molecular complexity index is 608. The van der Waals surface area contributed by atoms with Crippen LogP contribution in [0.25, 0.3) is 6.08 Å². The van der Waals surface area contributed by atoms with E-state index >= 15 is 0 Å². The van der Waals surface area contributed by atoms with Gasteiger partial charge in [0.2, 0.25) is 5.91 Å². The van der Waals surface area contributed by atoms with Gasteiger partial charge in [-0.25, -0.2) is 4.39 Å². The summed E-state index contributed by atoms with van der Waals surface area (Å²) >= 11 is 2.16. The molecule has 0 fully saturated rings. The molecule has 1 amide bonds. The average molecular weight is 367 g/mol. The molecule has 0 bridgehead atoms. The fourth-order valence-corrected chi connectivity index (χ4v) is 2.01. The molecule has 0 unspecified atom stereocenters. The van der Waals surface area contributed by atoms with Crippen molar-refractivity contribution in [2.75, 3.05) is 5.32 Å². The number of nitrogens with one attached hydrogen (secondary N) is 1. The summed E-state index contributed by atoms with van der Waals surface area (Å²) in [7, 11) is 0. The first-order valence-corrected chi connectivity index (χ1v) is 6.72. The van der Waals surface area contributed by atoms with Gasteiger partial charge in [-0.1, -0.05) is 24.3 Å². The van der Waals surface area contributed by atoms with Gasteiger partial charge in [0.15, 0.2) is 0 Å².